The summed E-state index contributed by atoms with van der Waals surface area (Å²) in [5, 5.41) is 86.6. The Kier molecular flexibility index (Phi) is 5.92. The fourth-order valence-electron chi connectivity index (χ4n) is 2.69. The molecule has 11 atom stereocenters. The van der Waals surface area contributed by atoms with Gasteiger partial charge in [0.1, 0.15) is 61.0 Å². The van der Waals surface area contributed by atoms with Crippen molar-refractivity contribution >= 4 is 0 Å². The zero-order chi connectivity index (χ0) is 17.5. The van der Waals surface area contributed by atoms with Crippen LogP contribution in [0, 0.1) is 0 Å². The van der Waals surface area contributed by atoms with Crippen LogP contribution in [0.3, 0.4) is 0 Å². The van der Waals surface area contributed by atoms with Crippen LogP contribution in [0.15, 0.2) is 0 Å². The normalized spacial score (nSPS) is 54.9. The molecule has 2 aliphatic rings. The molecule has 1 aliphatic carbocycles. The van der Waals surface area contributed by atoms with Crippen LogP contribution in [0.4, 0.5) is 0 Å². The first-order chi connectivity index (χ1) is 10.7. The third-order valence-corrected chi connectivity index (χ3v) is 4.21. The highest BCUT2D eigenvalue weighted by Crippen LogP contribution is 2.29. The van der Waals surface area contributed by atoms with E-state index in [0.717, 1.165) is 0 Å². The van der Waals surface area contributed by atoms with Gasteiger partial charge in [0, 0.05) is 0 Å². The van der Waals surface area contributed by atoms with Gasteiger partial charge in [-0.25, -0.2) is 0 Å². The van der Waals surface area contributed by atoms with Crippen molar-refractivity contribution in [1.82, 2.24) is 0 Å². The first-order valence-corrected chi connectivity index (χ1v) is 7.07. The third-order valence-electron chi connectivity index (χ3n) is 4.21. The summed E-state index contributed by atoms with van der Waals surface area (Å²) in [6, 6.07) is 0. The van der Waals surface area contributed by atoms with Crippen molar-refractivity contribution in [3.05, 3.63) is 0 Å². The maximum atomic E-state index is 9.85. The summed E-state index contributed by atoms with van der Waals surface area (Å²) in [7, 11) is 0. The van der Waals surface area contributed by atoms with Crippen LogP contribution < -0.4 is 0 Å². The van der Waals surface area contributed by atoms with Gasteiger partial charge in [-0.3, -0.25) is 0 Å². The number of aliphatic hydroxyl groups excluding tert-OH is 9. The monoisotopic (exact) mass is 342 g/mol. The Morgan fingerprint density at radius 1 is 0.609 bits per heavy atom. The lowest BCUT2D eigenvalue weighted by molar-refractivity contribution is -0.339. The van der Waals surface area contributed by atoms with Crippen molar-refractivity contribution in [3.8, 4) is 0 Å². The van der Waals surface area contributed by atoms with Crippen molar-refractivity contribution in [2.24, 2.45) is 0 Å². The predicted octanol–water partition coefficient (Wildman–Crippen LogP) is -6.01. The van der Waals surface area contributed by atoms with Crippen LogP contribution in [0.2, 0.25) is 0 Å². The molecule has 0 aromatic heterocycles. The Morgan fingerprint density at radius 2 is 1.04 bits per heavy atom. The second kappa shape index (κ2) is 7.21. The van der Waals surface area contributed by atoms with E-state index in [1.165, 1.54) is 0 Å². The second-order valence-corrected chi connectivity index (χ2v) is 5.75. The van der Waals surface area contributed by atoms with Crippen molar-refractivity contribution in [2.75, 3.05) is 6.61 Å². The summed E-state index contributed by atoms with van der Waals surface area (Å²) in [6.45, 7) is -0.704. The zero-order valence-corrected chi connectivity index (χ0v) is 11.9. The number of hydrogen-bond donors (Lipinski definition) is 9. The lowest BCUT2D eigenvalue weighted by atomic mass is 9.84. The Morgan fingerprint density at radius 3 is 1.52 bits per heavy atom. The summed E-state index contributed by atoms with van der Waals surface area (Å²) in [4.78, 5) is 0. The molecule has 11 nitrogen and oxygen atoms in total. The van der Waals surface area contributed by atoms with Crippen molar-refractivity contribution < 1.29 is 55.4 Å². The van der Waals surface area contributed by atoms with Gasteiger partial charge in [0.05, 0.1) is 6.61 Å². The van der Waals surface area contributed by atoms with E-state index in [9.17, 15) is 40.9 Å². The average Bonchev–Trinajstić information content (AvgIpc) is 2.54. The van der Waals surface area contributed by atoms with Crippen LogP contribution in [0.1, 0.15) is 0 Å². The first-order valence-electron chi connectivity index (χ1n) is 7.07. The van der Waals surface area contributed by atoms with E-state index in [1.54, 1.807) is 0 Å². The number of rotatable bonds is 3. The summed E-state index contributed by atoms with van der Waals surface area (Å²) in [6.07, 6.45) is -18.9. The largest absolute Gasteiger partial charge is 0.394 e. The average molecular weight is 342 g/mol. The Balaban J connectivity index is 2.13. The van der Waals surface area contributed by atoms with E-state index in [2.05, 4.69) is 0 Å². The quantitative estimate of drug-likeness (QED) is 0.236. The molecular formula is C12H22O11. The molecule has 3 unspecified atom stereocenters. The summed E-state index contributed by atoms with van der Waals surface area (Å²) >= 11 is 0. The van der Waals surface area contributed by atoms with Crippen LogP contribution >= 0.6 is 0 Å². The molecule has 1 saturated heterocycles. The number of aliphatic hydroxyl groups is 9. The first kappa shape index (κ1) is 18.9. The van der Waals surface area contributed by atoms with Gasteiger partial charge in [0.25, 0.3) is 0 Å². The lowest BCUT2D eigenvalue weighted by Gasteiger charge is -2.45. The Hall–Kier alpha value is -0.440. The minimum atomic E-state index is -1.83. The minimum absolute atomic E-state index is 0.704. The van der Waals surface area contributed by atoms with E-state index < -0.39 is 73.9 Å². The van der Waals surface area contributed by atoms with E-state index in [4.69, 9.17) is 14.6 Å². The topological polar surface area (TPSA) is 201 Å². The highest BCUT2D eigenvalue weighted by molar-refractivity contribution is 5.00. The van der Waals surface area contributed by atoms with Crippen LogP contribution in [0.25, 0.3) is 0 Å². The molecule has 9 N–H and O–H groups in total. The highest BCUT2D eigenvalue weighted by atomic mass is 16.7. The Bertz CT molecular complexity index is 377. The van der Waals surface area contributed by atoms with Gasteiger partial charge in [-0.05, 0) is 0 Å². The van der Waals surface area contributed by atoms with Gasteiger partial charge in [-0.2, -0.15) is 0 Å². The van der Waals surface area contributed by atoms with E-state index in [1.807, 2.05) is 0 Å². The molecule has 11 heteroatoms. The van der Waals surface area contributed by atoms with Gasteiger partial charge >= 0.3 is 0 Å². The fourth-order valence-corrected chi connectivity index (χ4v) is 2.69. The molecule has 0 aromatic carbocycles. The predicted molar refractivity (Wildman–Crippen MR) is 68.7 cm³/mol. The molecule has 1 saturated carbocycles. The van der Waals surface area contributed by atoms with Crippen molar-refractivity contribution in [2.45, 2.75) is 67.3 Å². The summed E-state index contributed by atoms with van der Waals surface area (Å²) in [5.41, 5.74) is 0. The molecule has 0 aromatic rings. The molecule has 2 rings (SSSR count). The fraction of sp³-hybridized carbons (Fsp3) is 1.00. The summed E-state index contributed by atoms with van der Waals surface area (Å²) < 4.78 is 10.2. The molecule has 2 fully saturated rings. The van der Waals surface area contributed by atoms with Gasteiger partial charge in [0.2, 0.25) is 0 Å². The Labute approximate surface area is 130 Å². The maximum absolute atomic E-state index is 9.85. The minimum Gasteiger partial charge on any atom is -0.394 e. The maximum Gasteiger partial charge on any atom is 0.187 e. The molecule has 0 amide bonds. The third kappa shape index (κ3) is 3.36. The van der Waals surface area contributed by atoms with E-state index >= 15 is 0 Å². The molecule has 1 heterocycles. The van der Waals surface area contributed by atoms with Crippen LogP contribution in [0.5, 0.6) is 0 Å². The molecule has 1 aliphatic heterocycles. The lowest BCUT2D eigenvalue weighted by Crippen LogP contribution is -2.67. The SMILES string of the molecule is OC[C@H]1OC(OC2[C@@H](O)[C@H](O)C(O)[C@H](O)[C@@H]2O)[C@H](O)[C@@H](O)[C@@H]1O. The van der Waals surface area contributed by atoms with Crippen LogP contribution in [-0.4, -0.2) is 120 Å². The van der Waals surface area contributed by atoms with Crippen LogP contribution in [-0.2, 0) is 9.47 Å². The molecule has 0 radical (unpaired) electrons. The van der Waals surface area contributed by atoms with Gasteiger partial charge < -0.3 is 55.4 Å². The van der Waals surface area contributed by atoms with Crippen molar-refractivity contribution in [1.29, 1.82) is 0 Å². The van der Waals surface area contributed by atoms with E-state index in [0.29, 0.717) is 0 Å². The number of ether oxygens (including phenoxy) is 2. The summed E-state index contributed by atoms with van der Waals surface area (Å²) in [5.74, 6) is 0. The standard InChI is InChI=1S/C12H22O11/c13-1-2-3(14)4(15)10(21)12(22-2)23-11-8(19)6(17)5(16)7(18)9(11)20/h2-21H,1H2/t2-,3-,4+,5?,6-,7+,8+,9+,10-,11?,12?/m1/s1. The van der Waals surface area contributed by atoms with Gasteiger partial charge in [-0.15, -0.1) is 0 Å². The molecule has 0 spiro atoms. The van der Waals surface area contributed by atoms with E-state index in [-0.39, 0.29) is 0 Å². The van der Waals surface area contributed by atoms with Gasteiger partial charge in [-0.1, -0.05) is 0 Å². The smallest absolute Gasteiger partial charge is 0.187 e. The molecule has 23 heavy (non-hydrogen) atoms. The van der Waals surface area contributed by atoms with Gasteiger partial charge in [0.15, 0.2) is 6.29 Å². The molecular weight excluding hydrogens is 320 g/mol. The second-order valence-electron chi connectivity index (χ2n) is 5.75. The van der Waals surface area contributed by atoms with Crippen molar-refractivity contribution in [3.63, 3.8) is 0 Å². The highest BCUT2D eigenvalue weighted by Gasteiger charge is 2.52. The number of hydrogen-bond acceptors (Lipinski definition) is 11. The molecule has 0 bridgehead atoms. The molecule has 136 valence electrons. The zero-order valence-electron chi connectivity index (χ0n) is 11.9.